The molecule has 0 bridgehead atoms. The van der Waals surface area contributed by atoms with Crippen LogP contribution >= 0.6 is 23.4 Å². The Balaban J connectivity index is 2.62. The zero-order valence-corrected chi connectivity index (χ0v) is 11.2. The van der Waals surface area contributed by atoms with E-state index < -0.39 is 0 Å². The number of ether oxygens (including phenoxy) is 1. The van der Waals surface area contributed by atoms with Crippen molar-refractivity contribution < 1.29 is 9.53 Å². The van der Waals surface area contributed by atoms with Crippen molar-refractivity contribution >= 4 is 35.4 Å². The highest BCUT2D eigenvalue weighted by molar-refractivity contribution is 7.98. The Kier molecular flexibility index (Phi) is 6.00. The third-order valence-corrected chi connectivity index (χ3v) is 2.68. The van der Waals surface area contributed by atoms with Gasteiger partial charge in [-0.15, -0.1) is 0 Å². The van der Waals surface area contributed by atoms with Crippen molar-refractivity contribution in [2.75, 3.05) is 12.9 Å². The first kappa shape index (κ1) is 14.0. The molecule has 1 aromatic rings. The van der Waals surface area contributed by atoms with E-state index in [4.69, 9.17) is 16.3 Å². The van der Waals surface area contributed by atoms with Gasteiger partial charge in [0.2, 0.25) is 0 Å². The predicted octanol–water partition coefficient (Wildman–Crippen LogP) is 2.82. The summed E-state index contributed by atoms with van der Waals surface area (Å²) in [5.74, 6) is -0.262. The number of carbonyl (C=O) groups is 1. The van der Waals surface area contributed by atoms with E-state index in [0.29, 0.717) is 22.5 Å². The lowest BCUT2D eigenvalue weighted by atomic mass is 10.3. The lowest BCUT2D eigenvalue weighted by molar-refractivity contribution is -0.142. The largest absolute Gasteiger partial charge is 0.466 e. The van der Waals surface area contributed by atoms with Gasteiger partial charge in [-0.25, -0.2) is 9.97 Å². The molecule has 0 radical (unpaired) electrons. The molecular weight excluding hydrogens is 260 g/mol. The average Bonchev–Trinajstić information content (AvgIpc) is 2.31. The highest BCUT2D eigenvalue weighted by atomic mass is 35.5. The molecule has 92 valence electrons. The number of carbonyl (C=O) groups excluding carboxylic acids is 1. The van der Waals surface area contributed by atoms with Crippen LogP contribution in [0, 0.1) is 0 Å². The summed E-state index contributed by atoms with van der Waals surface area (Å²) in [6.45, 7) is 2.16. The summed E-state index contributed by atoms with van der Waals surface area (Å²) in [6.07, 6.45) is 7.11. The van der Waals surface area contributed by atoms with Crippen LogP contribution in [0.15, 0.2) is 17.4 Å². The fourth-order valence-corrected chi connectivity index (χ4v) is 1.65. The maximum absolute atomic E-state index is 11.1. The summed E-state index contributed by atoms with van der Waals surface area (Å²) < 4.78 is 4.79. The van der Waals surface area contributed by atoms with E-state index in [1.807, 2.05) is 6.26 Å². The van der Waals surface area contributed by atoms with Gasteiger partial charge in [0.25, 0.3) is 0 Å². The highest BCUT2D eigenvalue weighted by Crippen LogP contribution is 2.17. The number of rotatable bonds is 5. The molecule has 0 atom stereocenters. The zero-order valence-electron chi connectivity index (χ0n) is 9.64. The number of thioether (sulfide) groups is 1. The van der Waals surface area contributed by atoms with Crippen molar-refractivity contribution in [3.8, 4) is 0 Å². The smallest absolute Gasteiger partial charge is 0.309 e. The van der Waals surface area contributed by atoms with E-state index in [2.05, 4.69) is 9.97 Å². The molecule has 1 rings (SSSR count). The molecule has 0 aliphatic heterocycles. The first-order chi connectivity index (χ1) is 8.17. The van der Waals surface area contributed by atoms with Gasteiger partial charge in [0.1, 0.15) is 5.15 Å². The first-order valence-corrected chi connectivity index (χ1v) is 6.66. The standard InChI is InChI=1S/C11H13ClN2O2S/c1-3-16-9(15)6-4-5-8-7-13-11(17-2)14-10(8)12/h4-5,7H,3,6H2,1-2H3. The number of nitrogens with zero attached hydrogens (tertiary/aromatic N) is 2. The molecule has 0 spiro atoms. The maximum atomic E-state index is 11.1. The second-order valence-electron chi connectivity index (χ2n) is 3.01. The van der Waals surface area contributed by atoms with Crippen LogP contribution in [0.3, 0.4) is 0 Å². The topological polar surface area (TPSA) is 52.1 Å². The molecule has 0 aliphatic rings. The second kappa shape index (κ2) is 7.29. The van der Waals surface area contributed by atoms with Crippen LogP contribution in [-0.2, 0) is 9.53 Å². The summed E-state index contributed by atoms with van der Waals surface area (Å²) in [5.41, 5.74) is 0.689. The number of hydrogen-bond acceptors (Lipinski definition) is 5. The van der Waals surface area contributed by atoms with Gasteiger partial charge in [0.05, 0.1) is 13.0 Å². The van der Waals surface area contributed by atoms with Gasteiger partial charge in [0.15, 0.2) is 5.16 Å². The van der Waals surface area contributed by atoms with Gasteiger partial charge in [-0.3, -0.25) is 4.79 Å². The lowest BCUT2D eigenvalue weighted by Crippen LogP contribution is -2.01. The Labute approximate surface area is 109 Å². The fourth-order valence-electron chi connectivity index (χ4n) is 1.07. The fraction of sp³-hybridized carbons (Fsp3) is 0.364. The molecular formula is C11H13ClN2O2S. The molecule has 4 nitrogen and oxygen atoms in total. The molecule has 6 heteroatoms. The van der Waals surface area contributed by atoms with E-state index in [0.717, 1.165) is 0 Å². The minimum atomic E-state index is -0.262. The summed E-state index contributed by atoms with van der Waals surface area (Å²) in [5, 5.41) is 1.00. The molecule has 0 unspecified atom stereocenters. The van der Waals surface area contributed by atoms with Crippen LogP contribution < -0.4 is 0 Å². The normalized spacial score (nSPS) is 10.8. The minimum Gasteiger partial charge on any atom is -0.466 e. The number of esters is 1. The Morgan fingerprint density at radius 1 is 1.65 bits per heavy atom. The van der Waals surface area contributed by atoms with E-state index in [1.54, 1.807) is 25.3 Å². The van der Waals surface area contributed by atoms with Gasteiger partial charge < -0.3 is 4.74 Å². The summed E-state index contributed by atoms with van der Waals surface area (Å²) in [6, 6.07) is 0. The molecule has 0 amide bonds. The van der Waals surface area contributed by atoms with Crippen LogP contribution in [-0.4, -0.2) is 28.8 Å². The van der Waals surface area contributed by atoms with Gasteiger partial charge in [-0.1, -0.05) is 35.5 Å². The minimum absolute atomic E-state index is 0.217. The number of hydrogen-bond donors (Lipinski definition) is 0. The van der Waals surface area contributed by atoms with E-state index in [1.165, 1.54) is 11.8 Å². The third kappa shape index (κ3) is 4.75. The van der Waals surface area contributed by atoms with E-state index in [9.17, 15) is 4.79 Å². The Bertz CT molecular complexity index is 424. The SMILES string of the molecule is CCOC(=O)CC=Cc1cnc(SC)nc1Cl. The first-order valence-electron chi connectivity index (χ1n) is 5.06. The van der Waals surface area contributed by atoms with E-state index >= 15 is 0 Å². The van der Waals surface area contributed by atoms with Gasteiger partial charge >= 0.3 is 5.97 Å². The Hall–Kier alpha value is -1.07. The zero-order chi connectivity index (χ0) is 12.7. The number of aromatic nitrogens is 2. The van der Waals surface area contributed by atoms with Crippen molar-refractivity contribution in [1.29, 1.82) is 0 Å². The maximum Gasteiger partial charge on any atom is 0.309 e. The van der Waals surface area contributed by atoms with Crippen LogP contribution in [0.2, 0.25) is 5.15 Å². The molecule has 1 heterocycles. The Morgan fingerprint density at radius 3 is 3.00 bits per heavy atom. The van der Waals surface area contributed by atoms with E-state index in [-0.39, 0.29) is 12.4 Å². The van der Waals surface area contributed by atoms with Gasteiger partial charge in [-0.2, -0.15) is 0 Å². The molecule has 1 aromatic heterocycles. The average molecular weight is 273 g/mol. The molecule has 0 fully saturated rings. The van der Waals surface area contributed by atoms with Crippen LogP contribution in [0.25, 0.3) is 6.08 Å². The van der Waals surface area contributed by atoms with Crippen molar-refractivity contribution in [1.82, 2.24) is 9.97 Å². The third-order valence-electron chi connectivity index (χ3n) is 1.82. The summed E-state index contributed by atoms with van der Waals surface area (Å²) in [4.78, 5) is 19.2. The van der Waals surface area contributed by atoms with Crippen molar-refractivity contribution in [3.63, 3.8) is 0 Å². The Morgan fingerprint density at radius 2 is 2.41 bits per heavy atom. The second-order valence-corrected chi connectivity index (χ2v) is 4.15. The summed E-state index contributed by atoms with van der Waals surface area (Å²) >= 11 is 7.37. The summed E-state index contributed by atoms with van der Waals surface area (Å²) in [7, 11) is 0. The van der Waals surface area contributed by atoms with Crippen molar-refractivity contribution in [2.45, 2.75) is 18.5 Å². The number of halogens is 1. The predicted molar refractivity (Wildman–Crippen MR) is 69.1 cm³/mol. The molecule has 0 aliphatic carbocycles. The quantitative estimate of drug-likeness (QED) is 0.357. The lowest BCUT2D eigenvalue weighted by Gasteiger charge is -1.99. The molecule has 0 saturated heterocycles. The van der Waals surface area contributed by atoms with Crippen LogP contribution in [0.4, 0.5) is 0 Å². The van der Waals surface area contributed by atoms with Crippen molar-refractivity contribution in [2.24, 2.45) is 0 Å². The highest BCUT2D eigenvalue weighted by Gasteiger charge is 2.02. The molecule has 0 saturated carbocycles. The molecule has 17 heavy (non-hydrogen) atoms. The van der Waals surface area contributed by atoms with Crippen LogP contribution in [0.5, 0.6) is 0 Å². The van der Waals surface area contributed by atoms with Gasteiger partial charge in [0, 0.05) is 11.8 Å². The van der Waals surface area contributed by atoms with Crippen LogP contribution in [0.1, 0.15) is 18.9 Å². The molecule has 0 aromatic carbocycles. The van der Waals surface area contributed by atoms with Crippen molar-refractivity contribution in [3.05, 3.63) is 23.0 Å². The van der Waals surface area contributed by atoms with Gasteiger partial charge in [-0.05, 0) is 13.2 Å². The molecule has 0 N–H and O–H groups in total. The monoisotopic (exact) mass is 272 g/mol.